The summed E-state index contributed by atoms with van der Waals surface area (Å²) < 4.78 is 5.54. The molecule has 100 valence electrons. The van der Waals surface area contributed by atoms with E-state index < -0.39 is 0 Å². The smallest absolute Gasteiger partial charge is 0.221 e. The van der Waals surface area contributed by atoms with Crippen molar-refractivity contribution < 1.29 is 9.25 Å². The third kappa shape index (κ3) is 2.70. The molecule has 3 aromatic rings. The quantitative estimate of drug-likeness (QED) is 0.737. The van der Waals surface area contributed by atoms with Gasteiger partial charge >= 0.3 is 0 Å². The maximum absolute atomic E-state index is 11.9. The van der Waals surface area contributed by atoms with Gasteiger partial charge in [0.25, 0.3) is 0 Å². The Kier molecular flexibility index (Phi) is 3.48. The highest BCUT2D eigenvalue weighted by atomic mass is 16.7. The molecule has 0 saturated heterocycles. The van der Waals surface area contributed by atoms with Gasteiger partial charge in [-0.3, -0.25) is 9.63 Å². The Morgan fingerprint density at radius 3 is 2.60 bits per heavy atom. The van der Waals surface area contributed by atoms with E-state index in [1.165, 1.54) is 6.07 Å². The molecule has 0 unspecified atom stereocenters. The number of fused-ring (bicyclic) bond motifs is 1. The van der Waals surface area contributed by atoms with Gasteiger partial charge in [0.05, 0.1) is 12.0 Å². The van der Waals surface area contributed by atoms with E-state index >= 15 is 0 Å². The third-order valence-electron chi connectivity index (χ3n) is 2.89. The molecule has 0 aliphatic heterocycles. The van der Waals surface area contributed by atoms with Crippen LogP contribution in [0.3, 0.4) is 0 Å². The van der Waals surface area contributed by atoms with Gasteiger partial charge in [-0.1, -0.05) is 42.5 Å². The van der Waals surface area contributed by atoms with E-state index in [0.717, 1.165) is 5.56 Å². The van der Waals surface area contributed by atoms with E-state index in [0.29, 0.717) is 23.5 Å². The Morgan fingerprint density at radius 1 is 1.00 bits per heavy atom. The lowest BCUT2D eigenvalue weighted by molar-refractivity contribution is 0.172. The van der Waals surface area contributed by atoms with Gasteiger partial charge in [-0.05, 0) is 17.7 Å². The second kappa shape index (κ2) is 5.59. The molecule has 0 aliphatic rings. The zero-order chi connectivity index (χ0) is 13.8. The van der Waals surface area contributed by atoms with Crippen molar-refractivity contribution in [2.45, 2.75) is 6.61 Å². The van der Waals surface area contributed by atoms with Crippen LogP contribution >= 0.6 is 0 Å². The lowest BCUT2D eigenvalue weighted by Gasteiger charge is -2.06. The summed E-state index contributed by atoms with van der Waals surface area (Å²) in [6.45, 7) is 0.386. The normalized spacial score (nSPS) is 10.6. The van der Waals surface area contributed by atoms with Crippen LogP contribution in [0.1, 0.15) is 5.56 Å². The molecule has 0 fully saturated rings. The van der Waals surface area contributed by atoms with Crippen molar-refractivity contribution in [2.75, 3.05) is 5.48 Å². The largest absolute Gasteiger partial charge is 0.438 e. The summed E-state index contributed by atoms with van der Waals surface area (Å²) in [5.74, 6) is 0.296. The van der Waals surface area contributed by atoms with Crippen LogP contribution in [0.4, 0.5) is 5.88 Å². The number of nitrogens with one attached hydrogen (secondary N) is 1. The fraction of sp³-hybridized carbons (Fsp3) is 0.0625. The Labute approximate surface area is 115 Å². The molecule has 1 heterocycles. The molecular weight excluding hydrogens is 254 g/mol. The highest BCUT2D eigenvalue weighted by Crippen LogP contribution is 2.15. The first-order valence-corrected chi connectivity index (χ1v) is 6.27. The third-order valence-corrected chi connectivity index (χ3v) is 2.89. The van der Waals surface area contributed by atoms with Gasteiger partial charge in [0.2, 0.25) is 5.88 Å². The fourth-order valence-electron chi connectivity index (χ4n) is 1.92. The molecule has 0 radical (unpaired) electrons. The minimum absolute atomic E-state index is 0.0994. The molecule has 1 N–H and O–H groups in total. The number of benzene rings is 2. The Morgan fingerprint density at radius 2 is 1.75 bits per heavy atom. The zero-order valence-corrected chi connectivity index (χ0v) is 10.7. The number of hydrogen-bond acceptors (Lipinski definition) is 4. The first-order valence-electron chi connectivity index (χ1n) is 6.27. The molecule has 3 rings (SSSR count). The molecule has 0 saturated carbocycles. The summed E-state index contributed by atoms with van der Waals surface area (Å²) in [5, 5.41) is 0.557. The van der Waals surface area contributed by atoms with Crippen LogP contribution in [0.5, 0.6) is 0 Å². The highest BCUT2D eigenvalue weighted by Gasteiger charge is 2.03. The van der Waals surface area contributed by atoms with Crippen LogP contribution in [0.15, 0.2) is 69.9 Å². The van der Waals surface area contributed by atoms with Crippen LogP contribution in [0.25, 0.3) is 11.0 Å². The van der Waals surface area contributed by atoms with Gasteiger partial charge in [-0.2, -0.15) is 0 Å². The molecule has 0 bridgehead atoms. The molecular formula is C16H13NO3. The molecule has 0 atom stereocenters. The van der Waals surface area contributed by atoms with Crippen molar-refractivity contribution in [3.8, 4) is 0 Å². The van der Waals surface area contributed by atoms with Crippen molar-refractivity contribution >= 4 is 16.9 Å². The molecule has 1 aromatic heterocycles. The van der Waals surface area contributed by atoms with Gasteiger partial charge < -0.3 is 4.42 Å². The molecule has 2 aromatic carbocycles. The van der Waals surface area contributed by atoms with Gasteiger partial charge in [0.1, 0.15) is 5.58 Å². The van der Waals surface area contributed by atoms with Crippen molar-refractivity contribution in [3.05, 3.63) is 76.5 Å². The first kappa shape index (κ1) is 12.4. The van der Waals surface area contributed by atoms with Crippen LogP contribution in [0, 0.1) is 0 Å². The zero-order valence-electron chi connectivity index (χ0n) is 10.7. The minimum atomic E-state index is -0.0994. The van der Waals surface area contributed by atoms with Crippen molar-refractivity contribution in [1.82, 2.24) is 0 Å². The topological polar surface area (TPSA) is 51.5 Å². The summed E-state index contributed by atoms with van der Waals surface area (Å²) in [6.07, 6.45) is 0. The van der Waals surface area contributed by atoms with Crippen molar-refractivity contribution in [3.63, 3.8) is 0 Å². The number of hydrogen-bond donors (Lipinski definition) is 1. The monoisotopic (exact) mass is 267 g/mol. The Balaban J connectivity index is 1.73. The Bertz CT molecular complexity index is 765. The predicted molar refractivity (Wildman–Crippen MR) is 77.3 cm³/mol. The van der Waals surface area contributed by atoms with E-state index in [9.17, 15) is 4.79 Å². The number of para-hydroxylation sites is 1. The second-order valence-electron chi connectivity index (χ2n) is 4.35. The lowest BCUT2D eigenvalue weighted by Crippen LogP contribution is -2.06. The average molecular weight is 267 g/mol. The van der Waals surface area contributed by atoms with E-state index in [-0.39, 0.29) is 5.43 Å². The average Bonchev–Trinajstić information content (AvgIpc) is 2.48. The standard InChI is InChI=1S/C16H13NO3/c18-14-10-16(20-15-9-5-4-8-13(14)15)17-19-11-12-6-2-1-3-7-12/h1-10,17H,11H2. The highest BCUT2D eigenvalue weighted by molar-refractivity contribution is 5.77. The maximum Gasteiger partial charge on any atom is 0.221 e. The fourth-order valence-corrected chi connectivity index (χ4v) is 1.92. The van der Waals surface area contributed by atoms with Gasteiger partial charge in [0.15, 0.2) is 5.43 Å². The summed E-state index contributed by atoms with van der Waals surface area (Å²) in [4.78, 5) is 17.2. The number of rotatable bonds is 4. The predicted octanol–water partition coefficient (Wildman–Crippen LogP) is 3.34. The van der Waals surface area contributed by atoms with Crippen LogP contribution in [-0.4, -0.2) is 0 Å². The van der Waals surface area contributed by atoms with Gasteiger partial charge in [-0.15, -0.1) is 0 Å². The summed E-state index contributed by atoms with van der Waals surface area (Å²) in [7, 11) is 0. The molecule has 0 aliphatic carbocycles. The van der Waals surface area contributed by atoms with E-state index in [1.54, 1.807) is 18.2 Å². The molecule has 4 heteroatoms. The first-order chi connectivity index (χ1) is 9.83. The maximum atomic E-state index is 11.9. The van der Waals surface area contributed by atoms with Crippen molar-refractivity contribution in [1.29, 1.82) is 0 Å². The van der Waals surface area contributed by atoms with Gasteiger partial charge in [0, 0.05) is 6.07 Å². The van der Waals surface area contributed by atoms with E-state index in [4.69, 9.17) is 9.25 Å². The lowest BCUT2D eigenvalue weighted by atomic mass is 10.2. The summed E-state index contributed by atoms with van der Waals surface area (Å²) in [6, 6.07) is 18.2. The van der Waals surface area contributed by atoms with E-state index in [2.05, 4.69) is 5.48 Å². The molecule has 0 spiro atoms. The minimum Gasteiger partial charge on any atom is -0.438 e. The summed E-state index contributed by atoms with van der Waals surface area (Å²) in [5.41, 5.74) is 4.12. The van der Waals surface area contributed by atoms with Crippen LogP contribution in [0.2, 0.25) is 0 Å². The SMILES string of the molecule is O=c1cc(NOCc2ccccc2)oc2ccccc12. The molecule has 0 amide bonds. The summed E-state index contributed by atoms with van der Waals surface area (Å²) >= 11 is 0. The Hall–Kier alpha value is -2.59. The molecule has 4 nitrogen and oxygen atoms in total. The van der Waals surface area contributed by atoms with Crippen molar-refractivity contribution in [2.24, 2.45) is 0 Å². The number of anilines is 1. The van der Waals surface area contributed by atoms with Crippen LogP contribution < -0.4 is 10.9 Å². The van der Waals surface area contributed by atoms with Crippen LogP contribution in [-0.2, 0) is 11.4 Å². The van der Waals surface area contributed by atoms with E-state index in [1.807, 2.05) is 36.4 Å². The van der Waals surface area contributed by atoms with Gasteiger partial charge in [-0.25, -0.2) is 5.48 Å². The molecule has 20 heavy (non-hydrogen) atoms. The second-order valence-corrected chi connectivity index (χ2v) is 4.35.